The van der Waals surface area contributed by atoms with E-state index in [0.29, 0.717) is 0 Å². The molecule has 6 nitrogen and oxygen atoms in total. The second-order valence-electron chi connectivity index (χ2n) is 5.77. The van der Waals surface area contributed by atoms with Crippen LogP contribution in [-0.2, 0) is 20.0 Å². The molecule has 1 rings (SSSR count). The summed E-state index contributed by atoms with van der Waals surface area (Å²) in [7, 11) is -11.0. The van der Waals surface area contributed by atoms with Crippen molar-refractivity contribution in [2.24, 2.45) is 0 Å². The maximum atomic E-state index is 11.4. The summed E-state index contributed by atoms with van der Waals surface area (Å²) in [6.45, 7) is 6.55. The van der Waals surface area contributed by atoms with Crippen LogP contribution in [0.5, 0.6) is 0 Å². The van der Waals surface area contributed by atoms with Crippen LogP contribution in [0, 0.1) is 0 Å². The molecule has 1 aliphatic rings. The summed E-state index contributed by atoms with van der Waals surface area (Å²) < 4.78 is 111. The Morgan fingerprint density at radius 2 is 1.23 bits per heavy atom. The Labute approximate surface area is 161 Å². The summed E-state index contributed by atoms with van der Waals surface area (Å²) in [5, 5.41) is 0. The second-order valence-corrected chi connectivity index (χ2v) is 9.19. The van der Waals surface area contributed by atoms with Crippen LogP contribution < -0.4 is 0 Å². The molecule has 0 N–H and O–H groups in total. The summed E-state index contributed by atoms with van der Waals surface area (Å²) in [4.78, 5) is 0. The van der Waals surface area contributed by atoms with E-state index in [1.807, 2.05) is 0 Å². The van der Waals surface area contributed by atoms with Crippen LogP contribution in [0.4, 0.5) is 26.3 Å². The molecule has 153 valence electrons. The number of unbranched alkanes of at least 4 members (excludes halogenated alkanes) is 1. The molecule has 1 saturated heterocycles. The van der Waals surface area contributed by atoms with Gasteiger partial charge in [-0.2, -0.15) is 26.3 Å². The van der Waals surface area contributed by atoms with Gasteiger partial charge in [0, 0.05) is 31.7 Å². The maximum Gasteiger partial charge on any atom is 0.480 e. The monoisotopic (exact) mass is 429 g/mol. The molecule has 0 aromatic heterocycles. The van der Waals surface area contributed by atoms with E-state index in [9.17, 15) is 43.2 Å². The van der Waals surface area contributed by atoms with E-state index >= 15 is 0 Å². The molecule has 0 amide bonds. The van der Waals surface area contributed by atoms with Crippen molar-refractivity contribution >= 4 is 38.9 Å². The average molecular weight is 429 g/mol. The summed E-state index contributed by atoms with van der Waals surface area (Å²) in [5.41, 5.74) is -12.4. The number of nitrogens with zero attached hydrogens (tertiary/aromatic N) is 2. The van der Waals surface area contributed by atoms with Gasteiger partial charge in [-0.3, -0.25) is 0 Å². The fraction of sp³-hybridized carbons (Fsp3) is 1.00. The van der Waals surface area contributed by atoms with E-state index in [1.54, 1.807) is 0 Å². The standard InChI is InChI=1S/C9H20N.C2F6NO4S2.Li/c1-3-4-7-10(2)8-5-6-9-10;3-1(4,5)14(10,11)9-15(12,13)2(6,7)8;/h3-9H2,1-2H3;;/q+1;-1;. The van der Waals surface area contributed by atoms with Crippen LogP contribution in [0.2, 0.25) is 0 Å². The minimum atomic E-state index is -6.72. The van der Waals surface area contributed by atoms with Gasteiger partial charge in [0.25, 0.3) is 0 Å². The Hall–Kier alpha value is -0.00260. The van der Waals surface area contributed by atoms with Crippen molar-refractivity contribution in [3.63, 3.8) is 0 Å². The van der Waals surface area contributed by atoms with Crippen molar-refractivity contribution in [3.8, 4) is 0 Å². The fourth-order valence-electron chi connectivity index (χ4n) is 2.08. The Morgan fingerprint density at radius 3 is 1.50 bits per heavy atom. The van der Waals surface area contributed by atoms with Crippen LogP contribution in [-0.4, -0.2) is 77.9 Å². The van der Waals surface area contributed by atoms with Gasteiger partial charge in [-0.25, -0.2) is 16.8 Å². The molecule has 0 bridgehead atoms. The molecule has 1 heterocycles. The zero-order valence-corrected chi connectivity index (χ0v) is 16.2. The maximum absolute atomic E-state index is 11.4. The summed E-state index contributed by atoms with van der Waals surface area (Å²) in [6, 6.07) is 0. The molecule has 1 radical (unpaired) electrons. The predicted molar refractivity (Wildman–Crippen MR) is 84.0 cm³/mol. The first-order valence-corrected chi connectivity index (χ1v) is 10.1. The quantitative estimate of drug-likeness (QED) is 0.382. The smallest absolute Gasteiger partial charge is 0.421 e. The van der Waals surface area contributed by atoms with Gasteiger partial charge in [0.15, 0.2) is 20.0 Å². The zero-order chi connectivity index (χ0) is 20.2. The first-order valence-electron chi connectivity index (χ1n) is 7.18. The molecule has 0 aromatic rings. The van der Waals surface area contributed by atoms with E-state index in [2.05, 4.69) is 14.0 Å². The van der Waals surface area contributed by atoms with Gasteiger partial charge in [-0.1, -0.05) is 13.3 Å². The Bertz CT molecular complexity index is 586. The van der Waals surface area contributed by atoms with Crippen LogP contribution in [0.25, 0.3) is 4.13 Å². The minimum absolute atomic E-state index is 0. The van der Waals surface area contributed by atoms with Gasteiger partial charge in [0.05, 0.1) is 26.7 Å². The summed E-state index contributed by atoms with van der Waals surface area (Å²) in [5.74, 6) is 0. The average Bonchev–Trinajstić information content (AvgIpc) is 2.81. The molecule has 26 heavy (non-hydrogen) atoms. The molecule has 0 unspecified atom stereocenters. The number of likely N-dealkylation sites (tertiary alicyclic amines) is 1. The molecule has 0 saturated carbocycles. The third kappa shape index (κ3) is 8.79. The molecule has 0 atom stereocenters. The number of halogens is 6. The van der Waals surface area contributed by atoms with E-state index in [-0.39, 0.29) is 18.9 Å². The van der Waals surface area contributed by atoms with E-state index in [0.717, 1.165) is 4.13 Å². The second kappa shape index (κ2) is 9.97. The van der Waals surface area contributed by atoms with Gasteiger partial charge in [0.1, 0.15) is 0 Å². The molecule has 1 fully saturated rings. The first kappa shape index (κ1) is 28.2. The van der Waals surface area contributed by atoms with Gasteiger partial charge in [-0.05, 0) is 6.42 Å². The largest absolute Gasteiger partial charge is 0.480 e. The van der Waals surface area contributed by atoms with Gasteiger partial charge in [0.2, 0.25) is 0 Å². The predicted octanol–water partition coefficient (Wildman–Crippen LogP) is 2.71. The minimum Gasteiger partial charge on any atom is -0.421 e. The van der Waals surface area contributed by atoms with E-state index in [1.165, 1.54) is 49.8 Å². The summed E-state index contributed by atoms with van der Waals surface area (Å²) in [6.07, 6.45) is 5.69. The molecule has 0 spiro atoms. The van der Waals surface area contributed by atoms with Crippen molar-refractivity contribution < 1.29 is 47.7 Å². The van der Waals surface area contributed by atoms with Crippen LogP contribution in [0.3, 0.4) is 0 Å². The Kier molecular flexibility index (Phi) is 10.8. The third-order valence-corrected chi connectivity index (χ3v) is 6.22. The van der Waals surface area contributed by atoms with Gasteiger partial charge >= 0.3 is 11.0 Å². The van der Waals surface area contributed by atoms with Crippen molar-refractivity contribution in [3.05, 3.63) is 4.13 Å². The molecule has 1 aliphatic heterocycles. The van der Waals surface area contributed by atoms with Crippen LogP contribution in [0.1, 0.15) is 32.6 Å². The number of hydrogen-bond donors (Lipinski definition) is 0. The van der Waals surface area contributed by atoms with E-state index < -0.39 is 31.1 Å². The SMILES string of the molecule is CCCC[N+]1(C)CCCC1.O=S(=O)([N-]S(=O)(=O)C(F)(F)F)C(F)(F)F.[Li]. The van der Waals surface area contributed by atoms with Crippen molar-refractivity contribution in [2.45, 2.75) is 43.6 Å². The number of sulfonamides is 2. The van der Waals surface area contributed by atoms with Crippen molar-refractivity contribution in [2.75, 3.05) is 26.7 Å². The molecular weight excluding hydrogens is 409 g/mol. The van der Waals surface area contributed by atoms with Gasteiger partial charge in [-0.15, -0.1) is 0 Å². The fourth-order valence-corrected chi connectivity index (χ4v) is 3.79. The number of rotatable bonds is 5. The Morgan fingerprint density at radius 1 is 0.885 bits per heavy atom. The van der Waals surface area contributed by atoms with Crippen LogP contribution >= 0.6 is 0 Å². The summed E-state index contributed by atoms with van der Waals surface area (Å²) >= 11 is 0. The number of hydrogen-bond acceptors (Lipinski definition) is 4. The van der Waals surface area contributed by atoms with Crippen molar-refractivity contribution in [1.82, 2.24) is 0 Å². The van der Waals surface area contributed by atoms with Crippen molar-refractivity contribution in [1.29, 1.82) is 0 Å². The molecular formula is C11H20F6LiN2O4S2. The molecule has 15 heteroatoms. The van der Waals surface area contributed by atoms with E-state index in [4.69, 9.17) is 0 Å². The topological polar surface area (TPSA) is 82.4 Å². The van der Waals surface area contributed by atoms with Gasteiger partial charge < -0.3 is 8.61 Å². The zero-order valence-electron chi connectivity index (χ0n) is 14.6. The first-order chi connectivity index (χ1) is 11.0. The number of alkyl halides is 6. The molecule has 0 aromatic carbocycles. The third-order valence-electron chi connectivity index (χ3n) is 3.48. The Balaban J connectivity index is 0. The normalized spacial score (nSPS) is 17.8. The molecule has 0 aliphatic carbocycles. The van der Waals surface area contributed by atoms with Crippen LogP contribution in [0.15, 0.2) is 0 Å². The number of quaternary nitrogens is 1.